The van der Waals surface area contributed by atoms with Gasteiger partial charge in [0.2, 0.25) is 0 Å². The minimum atomic E-state index is -0.346. The number of carbonyl (C=O) groups excluding carboxylic acids is 1. The molecule has 1 aliphatic heterocycles. The molecule has 1 saturated carbocycles. The molecular formula is C18H26N6OS. The topological polar surface area (TPSA) is 84.7 Å². The molecule has 0 radical (unpaired) electrons. The van der Waals surface area contributed by atoms with Crippen molar-refractivity contribution in [1.29, 1.82) is 0 Å². The highest BCUT2D eigenvalue weighted by Crippen LogP contribution is 2.40. The Morgan fingerprint density at radius 3 is 2.69 bits per heavy atom. The Balaban J connectivity index is 1.56. The maximum atomic E-state index is 13.0. The van der Waals surface area contributed by atoms with Crippen LogP contribution in [0.1, 0.15) is 71.5 Å². The summed E-state index contributed by atoms with van der Waals surface area (Å²) in [4.78, 5) is 17.7. The van der Waals surface area contributed by atoms with E-state index in [1.807, 2.05) is 18.5 Å². The second-order valence-corrected chi connectivity index (χ2v) is 8.34. The zero-order chi connectivity index (χ0) is 18.1. The number of nitrogens with zero attached hydrogens (tertiary/aromatic N) is 4. The first kappa shape index (κ1) is 17.6. The number of amides is 1. The Morgan fingerprint density at radius 1 is 1.31 bits per heavy atom. The van der Waals surface area contributed by atoms with Crippen LogP contribution in [-0.2, 0) is 5.54 Å². The van der Waals surface area contributed by atoms with Crippen molar-refractivity contribution in [3.63, 3.8) is 0 Å². The van der Waals surface area contributed by atoms with E-state index in [1.165, 1.54) is 0 Å². The fourth-order valence-corrected chi connectivity index (χ4v) is 5.18. The molecule has 140 valence electrons. The Kier molecular flexibility index (Phi) is 4.79. The number of piperidine rings is 1. The third-order valence-electron chi connectivity index (χ3n) is 5.64. The lowest BCUT2D eigenvalue weighted by Gasteiger charge is -2.28. The van der Waals surface area contributed by atoms with Gasteiger partial charge in [-0.15, -0.1) is 16.4 Å². The number of rotatable bonds is 4. The third-order valence-corrected chi connectivity index (χ3v) is 6.80. The van der Waals surface area contributed by atoms with Crippen molar-refractivity contribution in [2.45, 2.75) is 64.0 Å². The van der Waals surface area contributed by atoms with Crippen LogP contribution in [-0.4, -0.2) is 39.0 Å². The fraction of sp³-hybridized carbons (Fsp3) is 0.667. The zero-order valence-electron chi connectivity index (χ0n) is 15.4. The van der Waals surface area contributed by atoms with Crippen LogP contribution in [0.2, 0.25) is 0 Å². The van der Waals surface area contributed by atoms with Crippen LogP contribution in [0, 0.1) is 13.8 Å². The van der Waals surface area contributed by atoms with Crippen LogP contribution >= 0.6 is 11.3 Å². The molecule has 7 nitrogen and oxygen atoms in total. The van der Waals surface area contributed by atoms with Gasteiger partial charge in [0.15, 0.2) is 5.69 Å². The maximum Gasteiger partial charge on any atom is 0.274 e. The van der Waals surface area contributed by atoms with E-state index >= 15 is 0 Å². The van der Waals surface area contributed by atoms with Gasteiger partial charge in [-0.05, 0) is 52.6 Å². The second-order valence-electron chi connectivity index (χ2n) is 7.49. The third kappa shape index (κ3) is 3.16. The summed E-state index contributed by atoms with van der Waals surface area (Å²) in [6.45, 7) is 5.92. The van der Waals surface area contributed by atoms with E-state index in [1.54, 1.807) is 11.3 Å². The monoisotopic (exact) mass is 374 g/mol. The van der Waals surface area contributed by atoms with Crippen molar-refractivity contribution in [3.8, 4) is 0 Å². The molecule has 1 amide bonds. The van der Waals surface area contributed by atoms with Crippen molar-refractivity contribution in [1.82, 2.24) is 30.6 Å². The number of nitrogens with one attached hydrogen (secondary N) is 2. The molecule has 1 aliphatic carbocycles. The normalized spacial score (nSPS) is 20.4. The first-order valence-corrected chi connectivity index (χ1v) is 10.3. The molecule has 3 heterocycles. The van der Waals surface area contributed by atoms with Gasteiger partial charge in [-0.2, -0.15) is 0 Å². The minimum absolute atomic E-state index is 0.127. The van der Waals surface area contributed by atoms with Crippen LogP contribution < -0.4 is 10.6 Å². The van der Waals surface area contributed by atoms with Crippen LogP contribution in [0.25, 0.3) is 0 Å². The quantitative estimate of drug-likeness (QED) is 0.859. The van der Waals surface area contributed by atoms with Crippen molar-refractivity contribution >= 4 is 17.2 Å². The van der Waals surface area contributed by atoms with E-state index in [2.05, 4.69) is 31.3 Å². The van der Waals surface area contributed by atoms with E-state index < -0.39 is 0 Å². The lowest BCUT2D eigenvalue weighted by atomic mass is 9.98. The van der Waals surface area contributed by atoms with E-state index in [9.17, 15) is 4.79 Å². The van der Waals surface area contributed by atoms with Gasteiger partial charge in [-0.1, -0.05) is 18.1 Å². The predicted molar refractivity (Wildman–Crippen MR) is 100 cm³/mol. The molecule has 0 bridgehead atoms. The average molecular weight is 375 g/mol. The van der Waals surface area contributed by atoms with Crippen molar-refractivity contribution < 1.29 is 4.79 Å². The summed E-state index contributed by atoms with van der Waals surface area (Å²) in [5.74, 6) is -0.127. The number of aromatic nitrogens is 4. The summed E-state index contributed by atoms with van der Waals surface area (Å²) in [7, 11) is 0. The van der Waals surface area contributed by atoms with E-state index in [0.717, 1.165) is 68.0 Å². The molecule has 2 N–H and O–H groups in total. The molecule has 2 aromatic rings. The molecule has 0 atom stereocenters. The lowest BCUT2D eigenvalue weighted by molar-refractivity contribution is 0.0892. The van der Waals surface area contributed by atoms with Crippen LogP contribution in [0.3, 0.4) is 0 Å². The van der Waals surface area contributed by atoms with Crippen LogP contribution in [0.5, 0.6) is 0 Å². The molecule has 0 spiro atoms. The van der Waals surface area contributed by atoms with Gasteiger partial charge in [0.05, 0.1) is 17.3 Å². The number of hydrogen-bond acceptors (Lipinski definition) is 6. The first-order chi connectivity index (χ1) is 12.6. The number of carbonyl (C=O) groups is 1. The summed E-state index contributed by atoms with van der Waals surface area (Å²) < 4.78 is 1.94. The Morgan fingerprint density at radius 2 is 2.04 bits per heavy atom. The van der Waals surface area contributed by atoms with E-state index in [0.29, 0.717) is 11.7 Å². The summed E-state index contributed by atoms with van der Waals surface area (Å²) in [6.07, 6.45) is 6.14. The predicted octanol–water partition coefficient (Wildman–Crippen LogP) is 2.48. The van der Waals surface area contributed by atoms with E-state index in [-0.39, 0.29) is 11.4 Å². The van der Waals surface area contributed by atoms with Crippen molar-refractivity contribution in [3.05, 3.63) is 27.5 Å². The van der Waals surface area contributed by atoms with Crippen molar-refractivity contribution in [2.24, 2.45) is 0 Å². The second kappa shape index (κ2) is 7.08. The van der Waals surface area contributed by atoms with Gasteiger partial charge in [0.1, 0.15) is 5.01 Å². The summed E-state index contributed by atoms with van der Waals surface area (Å²) in [5, 5.41) is 18.2. The van der Waals surface area contributed by atoms with Crippen molar-refractivity contribution in [2.75, 3.05) is 13.1 Å². The minimum Gasteiger partial charge on any atom is -0.339 e. The molecule has 26 heavy (non-hydrogen) atoms. The van der Waals surface area contributed by atoms with Gasteiger partial charge in [0.25, 0.3) is 5.91 Å². The highest BCUT2D eigenvalue weighted by Gasteiger charge is 2.40. The average Bonchev–Trinajstić information content (AvgIpc) is 3.36. The van der Waals surface area contributed by atoms with Gasteiger partial charge in [-0.25, -0.2) is 9.67 Å². The molecule has 2 fully saturated rings. The number of hydrogen-bond donors (Lipinski definition) is 2. The Bertz CT molecular complexity index is 785. The lowest BCUT2D eigenvalue weighted by Crippen LogP contribution is -2.44. The Hall–Kier alpha value is -1.80. The first-order valence-electron chi connectivity index (χ1n) is 9.47. The standard InChI is InChI=1S/C18H26N6OS/c1-12-11-26-17(20-12)18(7-3-4-8-18)21-16(25)15-13(2)24(23-22-15)14-5-9-19-10-6-14/h11,14,19H,3-10H2,1-2H3,(H,21,25). The molecule has 1 saturated heterocycles. The van der Waals surface area contributed by atoms with Gasteiger partial charge in [0, 0.05) is 11.1 Å². The summed E-state index contributed by atoms with van der Waals surface area (Å²) >= 11 is 1.64. The number of aryl methyl sites for hydroxylation is 1. The van der Waals surface area contributed by atoms with Gasteiger partial charge >= 0.3 is 0 Å². The molecule has 4 rings (SSSR count). The molecule has 0 unspecified atom stereocenters. The smallest absolute Gasteiger partial charge is 0.274 e. The highest BCUT2D eigenvalue weighted by molar-refractivity contribution is 7.09. The highest BCUT2D eigenvalue weighted by atomic mass is 32.1. The molecular weight excluding hydrogens is 348 g/mol. The van der Waals surface area contributed by atoms with Crippen LogP contribution in [0.4, 0.5) is 0 Å². The molecule has 2 aliphatic rings. The SMILES string of the molecule is Cc1csc(C2(NC(=O)c3nnn(C4CCNCC4)c3C)CCCC2)n1. The molecule has 0 aromatic carbocycles. The summed E-state index contributed by atoms with van der Waals surface area (Å²) in [5.41, 5.74) is 1.97. The van der Waals surface area contributed by atoms with Crippen LogP contribution in [0.15, 0.2) is 5.38 Å². The fourth-order valence-electron chi connectivity index (χ4n) is 4.17. The zero-order valence-corrected chi connectivity index (χ0v) is 16.2. The van der Waals surface area contributed by atoms with Gasteiger partial charge < -0.3 is 10.6 Å². The molecule has 8 heteroatoms. The molecule has 2 aromatic heterocycles. The number of thiazole rings is 1. The Labute approximate surface area is 157 Å². The maximum absolute atomic E-state index is 13.0. The van der Waals surface area contributed by atoms with E-state index in [4.69, 9.17) is 0 Å². The van der Waals surface area contributed by atoms with Gasteiger partial charge in [-0.3, -0.25) is 4.79 Å². The largest absolute Gasteiger partial charge is 0.339 e. The summed E-state index contributed by atoms with van der Waals surface area (Å²) in [6, 6.07) is 0.326.